The van der Waals surface area contributed by atoms with Crippen molar-refractivity contribution in [1.82, 2.24) is 0 Å². The first-order valence-electron chi connectivity index (χ1n) is 3.99. The van der Waals surface area contributed by atoms with Crippen molar-refractivity contribution in [2.45, 2.75) is 45.6 Å². The zero-order valence-corrected chi connectivity index (χ0v) is 13.5. The molecule has 0 saturated carbocycles. The Labute approximate surface area is 95.1 Å². The van der Waals surface area contributed by atoms with Gasteiger partial charge in [-0.25, -0.2) is 0 Å². The molecule has 0 rings (SSSR count). The van der Waals surface area contributed by atoms with Gasteiger partial charge in [0.2, 0.25) is 0 Å². The van der Waals surface area contributed by atoms with Crippen LogP contribution in [-0.2, 0) is 0 Å². The predicted octanol–water partition coefficient (Wildman–Crippen LogP) is 5.32. The second-order valence-electron chi connectivity index (χ2n) is 4.93. The van der Waals surface area contributed by atoms with E-state index in [1.807, 2.05) is 0 Å². The number of hydrogen-bond donors (Lipinski definition) is 0. The maximum atomic E-state index is 6.46. The highest BCUT2D eigenvalue weighted by atomic mass is 127. The van der Waals surface area contributed by atoms with Gasteiger partial charge in [0, 0.05) is 5.16 Å². The molecule has 0 spiro atoms. The first kappa shape index (κ1) is 13.5. The monoisotopic (exact) mass is 337 g/mol. The summed E-state index contributed by atoms with van der Waals surface area (Å²) in [7, 11) is -1.37. The SMILES string of the molecule is CC(C)(C)P(Cl)(I)=N[Si](C)(C)C. The van der Waals surface area contributed by atoms with Crippen LogP contribution in [0, 0.1) is 0 Å². The van der Waals surface area contributed by atoms with E-state index in [1.165, 1.54) is 0 Å². The molecule has 0 amide bonds. The van der Waals surface area contributed by atoms with E-state index in [4.69, 9.17) is 15.7 Å². The molecule has 0 saturated heterocycles. The molecule has 0 aromatic heterocycles. The Morgan fingerprint density at radius 1 is 1.25 bits per heavy atom. The molecule has 0 aromatic rings. The summed E-state index contributed by atoms with van der Waals surface area (Å²) in [6, 6.07) is 0. The highest BCUT2D eigenvalue weighted by Gasteiger charge is 2.31. The first-order valence-corrected chi connectivity index (χ1v) is 12.9. The fraction of sp³-hybridized carbons (Fsp3) is 1.00. The molecule has 0 aliphatic carbocycles. The van der Waals surface area contributed by atoms with E-state index in [0.717, 1.165) is 0 Å². The van der Waals surface area contributed by atoms with E-state index in [1.54, 1.807) is 0 Å². The topological polar surface area (TPSA) is 12.4 Å². The van der Waals surface area contributed by atoms with E-state index in [-0.39, 0.29) is 5.16 Å². The third-order valence-corrected chi connectivity index (χ3v) is 14.7. The molecule has 0 aliphatic heterocycles. The fourth-order valence-corrected chi connectivity index (χ4v) is 12.6. The number of nitrogens with zero attached hydrogens (tertiary/aromatic N) is 1. The largest absolute Gasteiger partial charge is 0.316 e. The van der Waals surface area contributed by atoms with Crippen LogP contribution in [0.1, 0.15) is 20.8 Å². The minimum absolute atomic E-state index is 0.134. The first-order chi connectivity index (χ1) is 4.96. The summed E-state index contributed by atoms with van der Waals surface area (Å²) in [5.74, 6) is 0. The van der Waals surface area contributed by atoms with Gasteiger partial charge in [-0.05, 0) is 22.0 Å². The molecule has 0 aromatic carbocycles. The zero-order chi connectivity index (χ0) is 10.2. The summed E-state index contributed by atoms with van der Waals surface area (Å²) >= 11 is 8.82. The summed E-state index contributed by atoms with van der Waals surface area (Å²) in [6.45, 7) is 13.2. The van der Waals surface area contributed by atoms with E-state index in [2.05, 4.69) is 62.5 Å². The Bertz CT molecular complexity index is 210. The van der Waals surface area contributed by atoms with Crippen LogP contribution < -0.4 is 0 Å². The number of hydrogen-bond acceptors (Lipinski definition) is 1. The summed E-state index contributed by atoms with van der Waals surface area (Å²) in [5, 5.41) is 0.134. The smallest absolute Gasteiger partial charge is 0.172 e. The van der Waals surface area contributed by atoms with Crippen molar-refractivity contribution < 1.29 is 0 Å². The lowest BCUT2D eigenvalue weighted by Gasteiger charge is -2.29. The minimum Gasteiger partial charge on any atom is -0.316 e. The average Bonchev–Trinajstić information content (AvgIpc) is 1.52. The third-order valence-electron chi connectivity index (χ3n) is 1.23. The Balaban J connectivity index is 4.99. The molecule has 12 heavy (non-hydrogen) atoms. The van der Waals surface area contributed by atoms with Crippen LogP contribution in [0.5, 0.6) is 0 Å². The Morgan fingerprint density at radius 2 is 1.58 bits per heavy atom. The van der Waals surface area contributed by atoms with E-state index < -0.39 is 12.3 Å². The number of rotatable bonds is 1. The van der Waals surface area contributed by atoms with Crippen LogP contribution in [0.4, 0.5) is 0 Å². The quantitative estimate of drug-likeness (QED) is 0.348. The van der Waals surface area contributed by atoms with Gasteiger partial charge in [0.05, 0.1) is 0 Å². The molecule has 1 nitrogen and oxygen atoms in total. The Hall–Kier alpha value is 1.47. The van der Waals surface area contributed by atoms with Crippen molar-refractivity contribution in [3.63, 3.8) is 0 Å². The van der Waals surface area contributed by atoms with Gasteiger partial charge in [-0.1, -0.05) is 51.7 Å². The van der Waals surface area contributed by atoms with Gasteiger partial charge in [0.15, 0.2) is 8.24 Å². The minimum atomic E-state index is -1.62. The summed E-state index contributed by atoms with van der Waals surface area (Å²) in [4.78, 5) is 0. The normalized spacial score (nSPS) is 18.7. The lowest BCUT2D eigenvalue weighted by atomic mass is 10.3. The molecule has 0 aliphatic rings. The van der Waals surface area contributed by atoms with Gasteiger partial charge in [-0.3, -0.25) is 0 Å². The van der Waals surface area contributed by atoms with Crippen LogP contribution in [0.25, 0.3) is 0 Å². The van der Waals surface area contributed by atoms with Crippen molar-refractivity contribution in [2.75, 3.05) is 0 Å². The average molecular weight is 338 g/mol. The molecule has 1 unspecified atom stereocenters. The van der Waals surface area contributed by atoms with Crippen LogP contribution in [-0.4, -0.2) is 13.4 Å². The molecule has 0 heterocycles. The van der Waals surface area contributed by atoms with Crippen molar-refractivity contribution in [2.24, 2.45) is 4.41 Å². The van der Waals surface area contributed by atoms with Crippen LogP contribution in [0.2, 0.25) is 19.6 Å². The third kappa shape index (κ3) is 4.63. The molecule has 1 atom stereocenters. The van der Waals surface area contributed by atoms with Gasteiger partial charge in [-0.15, -0.1) is 0 Å². The second-order valence-corrected chi connectivity index (χ2v) is 19.7. The lowest BCUT2D eigenvalue weighted by Crippen LogP contribution is -2.18. The highest BCUT2D eigenvalue weighted by Crippen LogP contribution is 2.72. The second kappa shape index (κ2) is 3.91. The predicted molar refractivity (Wildman–Crippen MR) is 72.3 cm³/mol. The van der Waals surface area contributed by atoms with Gasteiger partial charge in [0.1, 0.15) is 4.05 Å². The molecular weight excluding hydrogens is 320 g/mol. The van der Waals surface area contributed by atoms with Crippen molar-refractivity contribution in [3.05, 3.63) is 0 Å². The van der Waals surface area contributed by atoms with Gasteiger partial charge in [0.25, 0.3) is 0 Å². The van der Waals surface area contributed by atoms with E-state index in [9.17, 15) is 0 Å². The maximum absolute atomic E-state index is 6.46. The summed E-state index contributed by atoms with van der Waals surface area (Å²) in [6.07, 6.45) is 0. The molecule has 0 N–H and O–H groups in total. The molecule has 0 bridgehead atoms. The Kier molecular flexibility index (Phi) is 4.39. The molecule has 74 valence electrons. The Morgan fingerprint density at radius 3 is 1.67 bits per heavy atom. The van der Waals surface area contributed by atoms with E-state index in [0.29, 0.717) is 0 Å². The summed E-state index contributed by atoms with van der Waals surface area (Å²) < 4.78 is 3.20. The van der Waals surface area contributed by atoms with Crippen molar-refractivity contribution in [1.29, 1.82) is 0 Å². The highest BCUT2D eigenvalue weighted by molar-refractivity contribution is 14.2. The van der Waals surface area contributed by atoms with Crippen LogP contribution in [0.15, 0.2) is 4.41 Å². The maximum Gasteiger partial charge on any atom is 0.172 e. The summed E-state index contributed by atoms with van der Waals surface area (Å²) in [5.41, 5.74) is 0. The molecule has 0 fully saturated rings. The molecular formula is C7H18ClINPSi. The zero-order valence-electron chi connectivity index (χ0n) is 8.65. The van der Waals surface area contributed by atoms with Gasteiger partial charge >= 0.3 is 0 Å². The number of halogens is 2. The van der Waals surface area contributed by atoms with Gasteiger partial charge < -0.3 is 4.41 Å². The fourth-order valence-electron chi connectivity index (χ4n) is 0.527. The standard InChI is InChI=1S/C7H18ClINPSi/c1-7(2,3)11(8,9)10-12(4,5)6/h1-6H3. The van der Waals surface area contributed by atoms with Crippen LogP contribution in [0.3, 0.4) is 0 Å². The molecule has 5 heteroatoms. The lowest BCUT2D eigenvalue weighted by molar-refractivity contribution is 0.795. The van der Waals surface area contributed by atoms with Crippen LogP contribution >= 0.6 is 37.3 Å². The molecule has 0 radical (unpaired) electrons. The van der Waals surface area contributed by atoms with E-state index >= 15 is 0 Å². The van der Waals surface area contributed by atoms with Gasteiger partial charge in [-0.2, -0.15) is 0 Å². The van der Waals surface area contributed by atoms with Crippen molar-refractivity contribution in [3.8, 4) is 0 Å². The van der Waals surface area contributed by atoms with Crippen molar-refractivity contribution >= 4 is 45.6 Å².